The van der Waals surface area contributed by atoms with Crippen molar-refractivity contribution in [1.29, 1.82) is 0 Å². The maximum absolute atomic E-state index is 13.8. The molecule has 198 valence electrons. The fraction of sp³-hybridized carbons (Fsp3) is 0.500. The maximum atomic E-state index is 13.8. The van der Waals surface area contributed by atoms with Gasteiger partial charge in [0.25, 0.3) is 0 Å². The van der Waals surface area contributed by atoms with Crippen LogP contribution in [0.1, 0.15) is 51.1 Å². The van der Waals surface area contributed by atoms with Crippen molar-refractivity contribution < 1.29 is 19.0 Å². The molecule has 2 aliphatic rings. The van der Waals surface area contributed by atoms with Crippen molar-refractivity contribution in [3.8, 4) is 11.5 Å². The number of halogens is 1. The number of carbonyl (C=O) groups excluding carboxylic acids is 1. The number of nitrogens with zero attached hydrogens (tertiary/aromatic N) is 4. The van der Waals surface area contributed by atoms with E-state index in [1.54, 1.807) is 13.3 Å². The van der Waals surface area contributed by atoms with E-state index in [0.29, 0.717) is 49.4 Å². The van der Waals surface area contributed by atoms with E-state index >= 15 is 0 Å². The van der Waals surface area contributed by atoms with E-state index < -0.39 is 0 Å². The van der Waals surface area contributed by atoms with Gasteiger partial charge in [-0.05, 0) is 43.5 Å². The number of unbranched alkanes of at least 4 members (excludes halogenated alkanes) is 2. The van der Waals surface area contributed by atoms with Crippen LogP contribution in [-0.2, 0) is 11.3 Å². The number of anilines is 1. The van der Waals surface area contributed by atoms with Gasteiger partial charge in [-0.15, -0.1) is 0 Å². The molecule has 1 atom stereocenters. The quantitative estimate of drug-likeness (QED) is 0.300. The first-order valence-electron chi connectivity index (χ1n) is 13.1. The Morgan fingerprint density at radius 2 is 2.03 bits per heavy atom. The molecule has 0 N–H and O–H groups in total. The van der Waals surface area contributed by atoms with Crippen LogP contribution in [0.4, 0.5) is 10.5 Å². The van der Waals surface area contributed by atoms with Crippen LogP contribution in [0.3, 0.4) is 0 Å². The lowest BCUT2D eigenvalue weighted by Gasteiger charge is -2.40. The highest BCUT2D eigenvalue weighted by molar-refractivity contribution is 6.35. The fourth-order valence-corrected chi connectivity index (χ4v) is 5.34. The van der Waals surface area contributed by atoms with Crippen molar-refractivity contribution in [2.75, 3.05) is 38.4 Å². The topological polar surface area (TPSA) is 69.1 Å². The molecule has 9 heteroatoms. The molecule has 0 radical (unpaired) electrons. The van der Waals surface area contributed by atoms with Crippen LogP contribution in [0.2, 0.25) is 5.02 Å². The van der Waals surface area contributed by atoms with Gasteiger partial charge in [0.1, 0.15) is 5.65 Å². The predicted molar refractivity (Wildman–Crippen MR) is 145 cm³/mol. The van der Waals surface area contributed by atoms with E-state index in [-0.39, 0.29) is 18.1 Å². The van der Waals surface area contributed by atoms with Crippen LogP contribution < -0.4 is 14.4 Å². The van der Waals surface area contributed by atoms with Crippen LogP contribution in [-0.4, -0.2) is 60.0 Å². The zero-order valence-electron chi connectivity index (χ0n) is 21.8. The molecule has 2 aromatic heterocycles. The Balaban J connectivity index is 1.39. The lowest BCUT2D eigenvalue weighted by Crippen LogP contribution is -2.53. The van der Waals surface area contributed by atoms with Gasteiger partial charge in [0.05, 0.1) is 38.0 Å². The molecule has 37 heavy (non-hydrogen) atoms. The number of aromatic nitrogens is 2. The molecule has 2 aliphatic heterocycles. The van der Waals surface area contributed by atoms with Crippen molar-refractivity contribution in [3.05, 3.63) is 47.2 Å². The third-order valence-electron chi connectivity index (χ3n) is 7.35. The Morgan fingerprint density at radius 1 is 1.19 bits per heavy atom. The molecule has 2 amide bonds. The lowest BCUT2D eigenvalue weighted by atomic mass is 10.1. The highest BCUT2D eigenvalue weighted by atomic mass is 35.5. The Hall–Kier alpha value is -2.97. The van der Waals surface area contributed by atoms with Crippen LogP contribution in [0.25, 0.3) is 11.0 Å². The monoisotopic (exact) mass is 526 g/mol. The molecule has 2 fully saturated rings. The molecule has 2 saturated heterocycles. The maximum Gasteiger partial charge on any atom is 0.325 e. The van der Waals surface area contributed by atoms with E-state index in [1.165, 1.54) is 0 Å². The number of benzene rings is 1. The number of ether oxygens (including phenoxy) is 3. The molecule has 3 aromatic rings. The van der Waals surface area contributed by atoms with E-state index in [2.05, 4.69) is 23.4 Å². The Bertz CT molecular complexity index is 1260. The van der Waals surface area contributed by atoms with Gasteiger partial charge in [0.2, 0.25) is 0 Å². The summed E-state index contributed by atoms with van der Waals surface area (Å²) in [5.74, 6) is 1.34. The minimum atomic E-state index is -0.0336. The van der Waals surface area contributed by atoms with Gasteiger partial charge in [-0.1, -0.05) is 31.4 Å². The summed E-state index contributed by atoms with van der Waals surface area (Å²) in [7, 11) is 1.63. The number of carbonyl (C=O) groups is 1. The van der Waals surface area contributed by atoms with Crippen LogP contribution >= 0.6 is 11.6 Å². The summed E-state index contributed by atoms with van der Waals surface area (Å²) in [6.07, 6.45) is 7.81. The molecular formula is C28H35ClN4O4. The zero-order valence-corrected chi connectivity index (χ0v) is 22.5. The number of pyridine rings is 1. The number of fused-ring (bicyclic) bond motifs is 1. The minimum absolute atomic E-state index is 0.0336. The van der Waals surface area contributed by atoms with Crippen molar-refractivity contribution in [1.82, 2.24) is 14.5 Å². The average molecular weight is 527 g/mol. The van der Waals surface area contributed by atoms with Crippen molar-refractivity contribution in [2.45, 2.75) is 58.2 Å². The first-order valence-corrected chi connectivity index (χ1v) is 13.5. The van der Waals surface area contributed by atoms with Gasteiger partial charge in [-0.3, -0.25) is 4.90 Å². The average Bonchev–Trinajstić information content (AvgIpc) is 3.20. The molecule has 1 unspecified atom stereocenters. The summed E-state index contributed by atoms with van der Waals surface area (Å²) >= 11 is 6.69. The fourth-order valence-electron chi connectivity index (χ4n) is 5.02. The number of urea groups is 1. The smallest absolute Gasteiger partial charge is 0.325 e. The van der Waals surface area contributed by atoms with Gasteiger partial charge >= 0.3 is 6.03 Å². The van der Waals surface area contributed by atoms with E-state index in [4.69, 9.17) is 25.8 Å². The van der Waals surface area contributed by atoms with Gasteiger partial charge < -0.3 is 23.7 Å². The highest BCUT2D eigenvalue weighted by Gasteiger charge is 2.33. The zero-order chi connectivity index (χ0) is 25.9. The number of methoxy groups -OCH3 is 1. The molecule has 0 bridgehead atoms. The minimum Gasteiger partial charge on any atom is -0.493 e. The molecule has 4 heterocycles. The molecule has 0 aliphatic carbocycles. The van der Waals surface area contributed by atoms with E-state index in [9.17, 15) is 4.79 Å². The van der Waals surface area contributed by atoms with Gasteiger partial charge in [0, 0.05) is 48.7 Å². The third-order valence-corrected chi connectivity index (χ3v) is 7.64. The Morgan fingerprint density at radius 3 is 2.76 bits per heavy atom. The lowest BCUT2D eigenvalue weighted by molar-refractivity contribution is -0.0215. The first-order chi connectivity index (χ1) is 18.0. The van der Waals surface area contributed by atoms with E-state index in [1.807, 2.05) is 40.3 Å². The molecule has 0 saturated carbocycles. The summed E-state index contributed by atoms with van der Waals surface area (Å²) in [5.41, 5.74) is 2.64. The van der Waals surface area contributed by atoms with Crippen LogP contribution in [0, 0.1) is 0 Å². The summed E-state index contributed by atoms with van der Waals surface area (Å²) in [4.78, 5) is 22.2. The van der Waals surface area contributed by atoms with Crippen molar-refractivity contribution >= 4 is 34.4 Å². The van der Waals surface area contributed by atoms with Crippen LogP contribution in [0.15, 0.2) is 36.7 Å². The largest absolute Gasteiger partial charge is 0.493 e. The molecule has 0 spiro atoms. The second kappa shape index (κ2) is 11.2. The number of rotatable bonds is 10. The normalized spacial score (nSPS) is 18.4. The predicted octanol–water partition coefficient (Wildman–Crippen LogP) is 6.06. The van der Waals surface area contributed by atoms with Crippen LogP contribution in [0.5, 0.6) is 11.5 Å². The third kappa shape index (κ3) is 5.09. The molecule has 5 rings (SSSR count). The number of amides is 2. The first kappa shape index (κ1) is 25.7. The second-order valence-corrected chi connectivity index (χ2v) is 10.2. The summed E-state index contributed by atoms with van der Waals surface area (Å²) in [5, 5.41) is 1.55. The summed E-state index contributed by atoms with van der Waals surface area (Å²) < 4.78 is 19.0. The number of hydrogen-bond donors (Lipinski definition) is 0. The van der Waals surface area contributed by atoms with Gasteiger partial charge in [0.15, 0.2) is 11.5 Å². The number of hydrogen-bond acceptors (Lipinski definition) is 5. The van der Waals surface area contributed by atoms with Crippen molar-refractivity contribution in [2.24, 2.45) is 0 Å². The van der Waals surface area contributed by atoms with E-state index in [0.717, 1.165) is 48.0 Å². The second-order valence-electron chi connectivity index (χ2n) is 9.83. The molecular weight excluding hydrogens is 492 g/mol. The highest BCUT2D eigenvalue weighted by Crippen LogP contribution is 2.36. The Labute approximate surface area is 223 Å². The van der Waals surface area contributed by atoms with Crippen molar-refractivity contribution in [3.63, 3.8) is 0 Å². The summed E-state index contributed by atoms with van der Waals surface area (Å²) in [6.45, 7) is 7.31. The van der Waals surface area contributed by atoms with Gasteiger partial charge in [-0.2, -0.15) is 0 Å². The van der Waals surface area contributed by atoms with Gasteiger partial charge in [-0.25, -0.2) is 9.78 Å². The standard InChI is InChI=1S/C28H35ClN4O4/c1-4-5-6-13-37-25-14-21(7-8-24(25)35-3)31-12-10-19(2)32(28(31)34)15-20-9-11-30-27-26(20)23(29)16-33(27)22-17-36-18-22/h7-9,11,14,16,19,22H,4-6,10,12-13,15,17-18H2,1-3H3. The Kier molecular flexibility index (Phi) is 7.76. The SMILES string of the molecule is CCCCCOc1cc(N2CCC(C)N(Cc3ccnc4c3c(Cl)cn4C3COC3)C2=O)ccc1OC. The molecule has 8 nitrogen and oxygen atoms in total. The molecule has 1 aromatic carbocycles. The summed E-state index contributed by atoms with van der Waals surface area (Å²) in [6, 6.07) is 7.98.